The van der Waals surface area contributed by atoms with Crippen molar-refractivity contribution >= 4 is 6.03 Å². The molecule has 4 nitrogen and oxygen atoms in total. The molecule has 4 heteroatoms. The number of carbonyl (C=O) groups excluding carboxylic acids is 1. The number of nitrogens with one attached hydrogen (secondary N) is 1. The van der Waals surface area contributed by atoms with Crippen LogP contribution in [0, 0.1) is 0 Å². The fraction of sp³-hybridized carbons (Fsp3) is 0.286. The molecular weight excluding hydrogens is 478 g/mol. The lowest BCUT2D eigenvalue weighted by molar-refractivity contribution is 0.101. The van der Waals surface area contributed by atoms with Crippen LogP contribution in [0.25, 0.3) is 11.1 Å². The third kappa shape index (κ3) is 5.76. The zero-order chi connectivity index (χ0) is 26.4. The molecule has 2 amide bonds. The third-order valence-corrected chi connectivity index (χ3v) is 8.29. The van der Waals surface area contributed by atoms with Crippen molar-refractivity contribution in [2.45, 2.75) is 44.3 Å². The van der Waals surface area contributed by atoms with Crippen molar-refractivity contribution in [3.63, 3.8) is 0 Å². The standard InChI is InChI=1S/C35H37N3O/c39-35-36-23-9-15-30-12-7-8-16-33(30)34(31-13-5-2-6-14-31)38(35)32-21-24-37(25-22-32)26-27-17-19-29(20-18-27)28-10-3-1-4-11-28/h1-8,10-14,16-20,32,34H,9,15,21-26H2,(H,36,39). The predicted octanol–water partition coefficient (Wildman–Crippen LogP) is 7.07. The summed E-state index contributed by atoms with van der Waals surface area (Å²) in [4.78, 5) is 18.4. The van der Waals surface area contributed by atoms with Crippen LogP contribution in [0.3, 0.4) is 0 Å². The molecule has 4 aromatic carbocycles. The Morgan fingerprint density at radius 1 is 0.718 bits per heavy atom. The minimum atomic E-state index is -0.0809. The van der Waals surface area contributed by atoms with E-state index in [-0.39, 0.29) is 18.1 Å². The minimum absolute atomic E-state index is 0.0653. The van der Waals surface area contributed by atoms with Crippen LogP contribution in [-0.4, -0.2) is 41.5 Å². The molecule has 1 unspecified atom stereocenters. The number of piperidine rings is 1. The summed E-state index contributed by atoms with van der Waals surface area (Å²) in [6.07, 6.45) is 3.89. The fourth-order valence-corrected chi connectivity index (χ4v) is 6.26. The number of rotatable bonds is 5. The number of carbonyl (C=O) groups is 1. The van der Waals surface area contributed by atoms with Crippen LogP contribution in [0.5, 0.6) is 0 Å². The zero-order valence-electron chi connectivity index (χ0n) is 22.5. The van der Waals surface area contributed by atoms with Crippen LogP contribution in [0.15, 0.2) is 109 Å². The molecule has 4 aromatic rings. The van der Waals surface area contributed by atoms with Crippen molar-refractivity contribution in [1.29, 1.82) is 0 Å². The summed E-state index contributed by atoms with van der Waals surface area (Å²) in [5, 5.41) is 3.25. The minimum Gasteiger partial charge on any atom is -0.338 e. The summed E-state index contributed by atoms with van der Waals surface area (Å²) in [5.74, 6) is 0. The first kappa shape index (κ1) is 25.4. The van der Waals surface area contributed by atoms with Crippen molar-refractivity contribution in [1.82, 2.24) is 15.1 Å². The number of fused-ring (bicyclic) bond motifs is 1. The maximum atomic E-state index is 13.7. The predicted molar refractivity (Wildman–Crippen MR) is 158 cm³/mol. The number of hydrogen-bond acceptors (Lipinski definition) is 2. The lowest BCUT2D eigenvalue weighted by Gasteiger charge is -2.43. The summed E-state index contributed by atoms with van der Waals surface area (Å²) < 4.78 is 0. The van der Waals surface area contributed by atoms with E-state index in [9.17, 15) is 4.79 Å². The number of urea groups is 1. The van der Waals surface area contributed by atoms with Crippen LogP contribution < -0.4 is 5.32 Å². The largest absolute Gasteiger partial charge is 0.338 e. The van der Waals surface area contributed by atoms with E-state index in [2.05, 4.69) is 124 Å². The number of amides is 2. The van der Waals surface area contributed by atoms with Crippen molar-refractivity contribution in [3.05, 3.63) is 131 Å². The summed E-state index contributed by atoms with van der Waals surface area (Å²) >= 11 is 0. The molecule has 1 fully saturated rings. The molecule has 6 rings (SSSR count). The Hall–Kier alpha value is -3.89. The number of likely N-dealkylation sites (tertiary alicyclic amines) is 1. The summed E-state index contributed by atoms with van der Waals surface area (Å²) in [6.45, 7) is 3.62. The molecule has 1 N–H and O–H groups in total. The second-order valence-electron chi connectivity index (χ2n) is 10.8. The molecular formula is C35H37N3O. The van der Waals surface area contributed by atoms with Gasteiger partial charge in [-0.05, 0) is 59.1 Å². The van der Waals surface area contributed by atoms with Gasteiger partial charge in [0.25, 0.3) is 0 Å². The van der Waals surface area contributed by atoms with Crippen molar-refractivity contribution in [2.75, 3.05) is 19.6 Å². The number of hydrogen-bond donors (Lipinski definition) is 1. The van der Waals surface area contributed by atoms with E-state index in [4.69, 9.17) is 0 Å². The number of nitrogens with zero attached hydrogens (tertiary/aromatic N) is 2. The Labute approximate surface area is 232 Å². The molecule has 1 atom stereocenters. The Kier molecular flexibility index (Phi) is 7.73. The summed E-state index contributed by atoms with van der Waals surface area (Å²) in [7, 11) is 0. The van der Waals surface area contributed by atoms with Gasteiger partial charge in [-0.15, -0.1) is 0 Å². The molecule has 39 heavy (non-hydrogen) atoms. The van der Waals surface area contributed by atoms with Crippen molar-refractivity contribution < 1.29 is 4.79 Å². The number of benzene rings is 4. The SMILES string of the molecule is O=C1NCCCc2ccccc2C(c2ccccc2)N1C1CCN(Cc2ccc(-c3ccccc3)cc2)CC1. The summed E-state index contributed by atoms with van der Waals surface area (Å²) in [5.41, 5.74) is 7.64. The van der Waals surface area contributed by atoms with Crippen LogP contribution in [-0.2, 0) is 13.0 Å². The van der Waals surface area contributed by atoms with Gasteiger partial charge in [-0.2, -0.15) is 0 Å². The lowest BCUT2D eigenvalue weighted by Crippen LogP contribution is -2.52. The van der Waals surface area contributed by atoms with Gasteiger partial charge >= 0.3 is 6.03 Å². The van der Waals surface area contributed by atoms with Gasteiger partial charge in [0.1, 0.15) is 0 Å². The van der Waals surface area contributed by atoms with E-state index in [1.807, 2.05) is 0 Å². The molecule has 0 radical (unpaired) electrons. The van der Waals surface area contributed by atoms with Gasteiger partial charge < -0.3 is 10.2 Å². The lowest BCUT2D eigenvalue weighted by atomic mass is 9.89. The number of aryl methyl sites for hydroxylation is 1. The second kappa shape index (κ2) is 11.9. The highest BCUT2D eigenvalue weighted by molar-refractivity contribution is 5.76. The highest BCUT2D eigenvalue weighted by Crippen LogP contribution is 2.36. The van der Waals surface area contributed by atoms with Gasteiger partial charge in [-0.3, -0.25) is 4.90 Å². The molecule has 1 saturated heterocycles. The third-order valence-electron chi connectivity index (χ3n) is 8.29. The van der Waals surface area contributed by atoms with Crippen LogP contribution in [0.4, 0.5) is 4.79 Å². The van der Waals surface area contributed by atoms with Crippen LogP contribution in [0.2, 0.25) is 0 Å². The zero-order valence-corrected chi connectivity index (χ0v) is 22.5. The highest BCUT2D eigenvalue weighted by atomic mass is 16.2. The molecule has 198 valence electrons. The smallest absolute Gasteiger partial charge is 0.318 e. The van der Waals surface area contributed by atoms with E-state index in [0.29, 0.717) is 6.54 Å². The first-order valence-electron chi connectivity index (χ1n) is 14.3. The monoisotopic (exact) mass is 515 g/mol. The molecule has 0 aliphatic carbocycles. The highest BCUT2D eigenvalue weighted by Gasteiger charge is 2.36. The molecule has 2 aliphatic rings. The Balaban J connectivity index is 1.20. The van der Waals surface area contributed by atoms with Crippen LogP contribution in [0.1, 0.15) is 47.6 Å². The van der Waals surface area contributed by atoms with E-state index >= 15 is 0 Å². The van der Waals surface area contributed by atoms with Gasteiger partial charge in [0, 0.05) is 32.2 Å². The second-order valence-corrected chi connectivity index (χ2v) is 10.8. The van der Waals surface area contributed by atoms with E-state index in [1.165, 1.54) is 33.4 Å². The Bertz CT molecular complexity index is 1360. The quantitative estimate of drug-likeness (QED) is 0.309. The summed E-state index contributed by atoms with van der Waals surface area (Å²) in [6, 6.07) is 39.0. The van der Waals surface area contributed by atoms with Gasteiger partial charge in [0.15, 0.2) is 0 Å². The van der Waals surface area contributed by atoms with E-state index in [1.54, 1.807) is 0 Å². The average Bonchev–Trinajstić information content (AvgIpc) is 3.07. The average molecular weight is 516 g/mol. The maximum absolute atomic E-state index is 13.7. The molecule has 0 saturated carbocycles. The van der Waals surface area contributed by atoms with Gasteiger partial charge in [0.2, 0.25) is 0 Å². The Morgan fingerprint density at radius 2 is 1.36 bits per heavy atom. The topological polar surface area (TPSA) is 35.6 Å². The van der Waals surface area contributed by atoms with Crippen LogP contribution >= 0.6 is 0 Å². The van der Waals surface area contributed by atoms with Gasteiger partial charge in [-0.25, -0.2) is 4.79 Å². The van der Waals surface area contributed by atoms with Crippen molar-refractivity contribution in [3.8, 4) is 11.1 Å². The molecule has 2 aliphatic heterocycles. The first-order chi connectivity index (χ1) is 19.3. The van der Waals surface area contributed by atoms with E-state index in [0.717, 1.165) is 45.3 Å². The maximum Gasteiger partial charge on any atom is 0.318 e. The molecule has 0 aromatic heterocycles. The normalized spacial score (nSPS) is 18.9. The van der Waals surface area contributed by atoms with E-state index < -0.39 is 0 Å². The van der Waals surface area contributed by atoms with Crippen molar-refractivity contribution in [2.24, 2.45) is 0 Å². The fourth-order valence-electron chi connectivity index (χ4n) is 6.26. The molecule has 2 heterocycles. The Morgan fingerprint density at radius 3 is 2.10 bits per heavy atom. The molecule has 0 spiro atoms. The van der Waals surface area contributed by atoms with Gasteiger partial charge in [-0.1, -0.05) is 109 Å². The van der Waals surface area contributed by atoms with Gasteiger partial charge in [0.05, 0.1) is 6.04 Å². The first-order valence-corrected chi connectivity index (χ1v) is 14.3. The molecule has 0 bridgehead atoms.